The van der Waals surface area contributed by atoms with Crippen LogP contribution in [0.5, 0.6) is 0 Å². The zero-order valence-corrected chi connectivity index (χ0v) is 12.1. The Labute approximate surface area is 111 Å². The quantitative estimate of drug-likeness (QED) is 0.559. The van der Waals surface area contributed by atoms with E-state index in [2.05, 4.69) is 22.4 Å². The van der Waals surface area contributed by atoms with Gasteiger partial charge in [-0.2, -0.15) is 0 Å². The number of hydrogen-bond acceptors (Lipinski definition) is 6. The SMILES string of the molecule is CCCCC(Sc1nnnn1C(C)C)C(=O)OC. The summed E-state index contributed by atoms with van der Waals surface area (Å²) < 4.78 is 6.54. The molecule has 1 aromatic heterocycles. The number of hydrogen-bond donors (Lipinski definition) is 0. The molecule has 0 aliphatic rings. The van der Waals surface area contributed by atoms with E-state index in [1.807, 2.05) is 13.8 Å². The van der Waals surface area contributed by atoms with Gasteiger partial charge in [-0.15, -0.1) is 5.10 Å². The number of aromatic nitrogens is 4. The lowest BCUT2D eigenvalue weighted by Crippen LogP contribution is -2.20. The molecule has 0 spiro atoms. The number of nitrogens with zero attached hydrogens (tertiary/aromatic N) is 4. The van der Waals surface area contributed by atoms with Gasteiger partial charge in [-0.1, -0.05) is 31.5 Å². The fraction of sp³-hybridized carbons (Fsp3) is 0.818. The van der Waals surface area contributed by atoms with Crippen molar-refractivity contribution in [3.63, 3.8) is 0 Å². The molecule has 6 nitrogen and oxygen atoms in total. The van der Waals surface area contributed by atoms with Crippen LogP contribution in [0, 0.1) is 0 Å². The number of tetrazole rings is 1. The molecule has 0 saturated carbocycles. The highest BCUT2D eigenvalue weighted by atomic mass is 32.2. The van der Waals surface area contributed by atoms with Crippen molar-refractivity contribution in [1.82, 2.24) is 20.2 Å². The van der Waals surface area contributed by atoms with Gasteiger partial charge in [0.2, 0.25) is 5.16 Å². The second-order valence-corrected chi connectivity index (χ2v) is 5.44. The Morgan fingerprint density at radius 1 is 1.50 bits per heavy atom. The molecule has 0 N–H and O–H groups in total. The minimum absolute atomic E-state index is 0.173. The van der Waals surface area contributed by atoms with E-state index in [0.717, 1.165) is 19.3 Å². The van der Waals surface area contributed by atoms with Crippen molar-refractivity contribution in [2.45, 2.75) is 56.5 Å². The predicted molar refractivity (Wildman–Crippen MR) is 69.4 cm³/mol. The zero-order chi connectivity index (χ0) is 13.5. The Kier molecular flexibility index (Phi) is 6.11. The van der Waals surface area contributed by atoms with Crippen molar-refractivity contribution < 1.29 is 9.53 Å². The summed E-state index contributed by atoms with van der Waals surface area (Å²) >= 11 is 1.38. The Morgan fingerprint density at radius 3 is 2.78 bits per heavy atom. The minimum Gasteiger partial charge on any atom is -0.468 e. The fourth-order valence-corrected chi connectivity index (χ4v) is 2.63. The van der Waals surface area contributed by atoms with Crippen molar-refractivity contribution in [2.75, 3.05) is 7.11 Å². The van der Waals surface area contributed by atoms with E-state index < -0.39 is 0 Å². The van der Waals surface area contributed by atoms with Crippen LogP contribution in [0.25, 0.3) is 0 Å². The second kappa shape index (κ2) is 7.35. The average Bonchev–Trinajstić information content (AvgIpc) is 2.81. The number of unbranched alkanes of at least 4 members (excludes halogenated alkanes) is 1. The van der Waals surface area contributed by atoms with Crippen LogP contribution in [0.3, 0.4) is 0 Å². The van der Waals surface area contributed by atoms with Gasteiger partial charge >= 0.3 is 5.97 Å². The molecule has 1 heterocycles. The number of ether oxygens (including phenoxy) is 1. The maximum Gasteiger partial charge on any atom is 0.319 e. The molecule has 0 amide bonds. The smallest absolute Gasteiger partial charge is 0.319 e. The molecule has 18 heavy (non-hydrogen) atoms. The molecular formula is C11H20N4O2S. The molecule has 1 atom stereocenters. The third-order valence-corrected chi connectivity index (χ3v) is 3.68. The first kappa shape index (κ1) is 14.9. The lowest BCUT2D eigenvalue weighted by molar-refractivity contribution is -0.140. The van der Waals surface area contributed by atoms with Crippen LogP contribution in [0.15, 0.2) is 5.16 Å². The first-order chi connectivity index (χ1) is 8.60. The molecule has 0 fully saturated rings. The minimum atomic E-state index is -0.238. The topological polar surface area (TPSA) is 69.9 Å². The van der Waals surface area contributed by atoms with Crippen LogP contribution in [0.4, 0.5) is 0 Å². The monoisotopic (exact) mass is 272 g/mol. The van der Waals surface area contributed by atoms with Crippen molar-refractivity contribution in [2.24, 2.45) is 0 Å². The van der Waals surface area contributed by atoms with E-state index in [1.165, 1.54) is 18.9 Å². The Hall–Kier alpha value is -1.11. The number of methoxy groups -OCH3 is 1. The van der Waals surface area contributed by atoms with E-state index in [9.17, 15) is 4.79 Å². The van der Waals surface area contributed by atoms with Crippen molar-refractivity contribution in [3.8, 4) is 0 Å². The normalized spacial score (nSPS) is 12.7. The molecule has 0 radical (unpaired) electrons. The summed E-state index contributed by atoms with van der Waals surface area (Å²) in [6.07, 6.45) is 2.80. The predicted octanol–water partition coefficient (Wildman–Crippen LogP) is 2.08. The van der Waals surface area contributed by atoms with Gasteiger partial charge in [-0.25, -0.2) is 4.68 Å². The largest absolute Gasteiger partial charge is 0.468 e. The van der Waals surface area contributed by atoms with Crippen molar-refractivity contribution in [1.29, 1.82) is 0 Å². The van der Waals surface area contributed by atoms with Crippen LogP contribution in [-0.4, -0.2) is 38.5 Å². The van der Waals surface area contributed by atoms with Gasteiger partial charge in [-0.3, -0.25) is 4.79 Å². The van der Waals surface area contributed by atoms with E-state index in [-0.39, 0.29) is 17.3 Å². The first-order valence-electron chi connectivity index (χ1n) is 6.12. The van der Waals surface area contributed by atoms with Gasteiger partial charge in [0.25, 0.3) is 0 Å². The molecular weight excluding hydrogens is 252 g/mol. The van der Waals surface area contributed by atoms with Gasteiger partial charge in [0, 0.05) is 0 Å². The number of esters is 1. The summed E-state index contributed by atoms with van der Waals surface area (Å²) in [5, 5.41) is 12.0. The highest BCUT2D eigenvalue weighted by Gasteiger charge is 2.23. The maximum absolute atomic E-state index is 11.7. The Bertz CT molecular complexity index is 381. The van der Waals surface area contributed by atoms with Gasteiger partial charge in [0.05, 0.1) is 13.2 Å². The van der Waals surface area contributed by atoms with Crippen LogP contribution in [0.2, 0.25) is 0 Å². The molecule has 0 aliphatic heterocycles. The molecule has 0 aromatic carbocycles. The number of carbonyl (C=O) groups is 1. The molecule has 1 rings (SSSR count). The van der Waals surface area contributed by atoms with Gasteiger partial charge < -0.3 is 4.74 Å². The van der Waals surface area contributed by atoms with Crippen LogP contribution in [-0.2, 0) is 9.53 Å². The van der Waals surface area contributed by atoms with Gasteiger partial charge in [-0.05, 0) is 30.7 Å². The number of carbonyl (C=O) groups excluding carboxylic acids is 1. The van der Waals surface area contributed by atoms with Crippen LogP contribution < -0.4 is 0 Å². The zero-order valence-electron chi connectivity index (χ0n) is 11.3. The van der Waals surface area contributed by atoms with Crippen LogP contribution in [0.1, 0.15) is 46.1 Å². The third kappa shape index (κ3) is 3.97. The fourth-order valence-electron chi connectivity index (χ4n) is 1.46. The number of thioether (sulfide) groups is 1. The molecule has 0 saturated heterocycles. The molecule has 0 aliphatic carbocycles. The highest BCUT2D eigenvalue weighted by molar-refractivity contribution is 8.00. The van der Waals surface area contributed by atoms with Crippen LogP contribution >= 0.6 is 11.8 Å². The second-order valence-electron chi connectivity index (χ2n) is 4.27. The third-order valence-electron chi connectivity index (χ3n) is 2.48. The molecule has 7 heteroatoms. The molecule has 102 valence electrons. The first-order valence-corrected chi connectivity index (χ1v) is 7.00. The van der Waals surface area contributed by atoms with Crippen molar-refractivity contribution in [3.05, 3.63) is 0 Å². The maximum atomic E-state index is 11.7. The average molecular weight is 272 g/mol. The Balaban J connectivity index is 2.75. The summed E-state index contributed by atoms with van der Waals surface area (Å²) in [4.78, 5) is 11.7. The summed E-state index contributed by atoms with van der Waals surface area (Å²) in [5.41, 5.74) is 0. The number of rotatable bonds is 7. The summed E-state index contributed by atoms with van der Waals surface area (Å²) in [5.74, 6) is -0.216. The summed E-state index contributed by atoms with van der Waals surface area (Å²) in [6, 6.07) is 0.173. The van der Waals surface area contributed by atoms with Gasteiger partial charge in [0.1, 0.15) is 5.25 Å². The highest BCUT2D eigenvalue weighted by Crippen LogP contribution is 2.26. The Morgan fingerprint density at radius 2 is 2.22 bits per heavy atom. The molecule has 0 bridgehead atoms. The standard InChI is InChI=1S/C11H20N4O2S/c1-5-6-7-9(10(16)17-4)18-11-12-13-14-15(11)8(2)3/h8-9H,5-7H2,1-4H3. The molecule has 1 aromatic rings. The van der Waals surface area contributed by atoms with Gasteiger partial charge in [0.15, 0.2) is 0 Å². The lowest BCUT2D eigenvalue weighted by atomic mass is 10.2. The van der Waals surface area contributed by atoms with E-state index in [1.54, 1.807) is 4.68 Å². The van der Waals surface area contributed by atoms with E-state index in [4.69, 9.17) is 4.74 Å². The lowest BCUT2D eigenvalue weighted by Gasteiger charge is -2.14. The van der Waals surface area contributed by atoms with E-state index in [0.29, 0.717) is 5.16 Å². The summed E-state index contributed by atoms with van der Waals surface area (Å²) in [6.45, 7) is 6.09. The van der Waals surface area contributed by atoms with Crippen molar-refractivity contribution >= 4 is 17.7 Å². The van der Waals surface area contributed by atoms with E-state index >= 15 is 0 Å². The molecule has 1 unspecified atom stereocenters. The summed E-state index contributed by atoms with van der Waals surface area (Å²) in [7, 11) is 1.41.